The molecule has 0 aliphatic rings. The van der Waals surface area contributed by atoms with Crippen molar-refractivity contribution < 1.29 is 14.3 Å². The van der Waals surface area contributed by atoms with E-state index in [0.29, 0.717) is 5.75 Å². The van der Waals surface area contributed by atoms with Crippen LogP contribution >= 0.6 is 0 Å². The molecule has 2 rings (SSSR count). The van der Waals surface area contributed by atoms with E-state index >= 15 is 0 Å². The normalized spacial score (nSPS) is 10.0. The van der Waals surface area contributed by atoms with E-state index in [0.717, 1.165) is 4.57 Å². The molecule has 1 amide bonds. The number of para-hydroxylation sites is 1. The Morgan fingerprint density at radius 2 is 2.00 bits per heavy atom. The molecule has 0 saturated heterocycles. The summed E-state index contributed by atoms with van der Waals surface area (Å²) in [6, 6.07) is 8.62. The summed E-state index contributed by atoms with van der Waals surface area (Å²) in [7, 11) is 0. The minimum absolute atomic E-state index is 0.114. The molecule has 1 aromatic heterocycles. The van der Waals surface area contributed by atoms with Crippen LogP contribution in [0.3, 0.4) is 0 Å². The fourth-order valence-corrected chi connectivity index (χ4v) is 1.43. The summed E-state index contributed by atoms with van der Waals surface area (Å²) in [5.41, 5.74) is 5.06. The molecular weight excluding hydrogens is 234 g/mol. The van der Waals surface area contributed by atoms with Gasteiger partial charge in [0, 0.05) is 12.4 Å². The van der Waals surface area contributed by atoms with Crippen LogP contribution in [0.2, 0.25) is 0 Å². The quantitative estimate of drug-likeness (QED) is 0.872. The summed E-state index contributed by atoms with van der Waals surface area (Å²) in [6.45, 7) is 0. The van der Waals surface area contributed by atoms with Gasteiger partial charge in [-0.05, 0) is 12.1 Å². The molecule has 0 spiro atoms. The van der Waals surface area contributed by atoms with E-state index in [4.69, 9.17) is 10.5 Å². The highest BCUT2D eigenvalue weighted by atomic mass is 16.6. The van der Waals surface area contributed by atoms with Crippen LogP contribution in [0.25, 0.3) is 0 Å². The first-order valence-electron chi connectivity index (χ1n) is 5.24. The molecule has 6 nitrogen and oxygen atoms in total. The lowest BCUT2D eigenvalue weighted by atomic mass is 10.3. The number of imidazole rings is 1. The number of benzene rings is 1. The Kier molecular flexibility index (Phi) is 3.38. The highest BCUT2D eigenvalue weighted by molar-refractivity contribution is 5.78. The smallest absolute Gasteiger partial charge is 0.410 e. The minimum atomic E-state index is -0.630. The summed E-state index contributed by atoms with van der Waals surface area (Å²) in [5, 5.41) is 0. The van der Waals surface area contributed by atoms with E-state index in [1.165, 1.54) is 12.4 Å². The number of hydrogen-bond acceptors (Lipinski definition) is 4. The number of hydrogen-bond donors (Lipinski definition) is 1. The Balaban J connectivity index is 2.14. The van der Waals surface area contributed by atoms with Gasteiger partial charge in [-0.15, -0.1) is 0 Å². The molecule has 2 aromatic rings. The second kappa shape index (κ2) is 5.13. The van der Waals surface area contributed by atoms with E-state index in [-0.39, 0.29) is 12.2 Å². The fraction of sp³-hybridized carbons (Fsp3) is 0.0833. The molecule has 0 radical (unpaired) electrons. The number of carbonyl (C=O) groups excluding carboxylic acids is 2. The van der Waals surface area contributed by atoms with Crippen LogP contribution < -0.4 is 10.5 Å². The van der Waals surface area contributed by atoms with Gasteiger partial charge in [0.15, 0.2) is 0 Å². The van der Waals surface area contributed by atoms with Crippen LogP contribution in [-0.2, 0) is 11.2 Å². The van der Waals surface area contributed by atoms with Gasteiger partial charge in [-0.2, -0.15) is 0 Å². The van der Waals surface area contributed by atoms with E-state index in [1.54, 1.807) is 24.3 Å². The predicted octanol–water partition coefficient (Wildman–Crippen LogP) is 0.958. The average Bonchev–Trinajstić information content (AvgIpc) is 2.77. The monoisotopic (exact) mass is 245 g/mol. The van der Waals surface area contributed by atoms with Crippen molar-refractivity contribution in [3.8, 4) is 5.75 Å². The van der Waals surface area contributed by atoms with Crippen molar-refractivity contribution in [3.63, 3.8) is 0 Å². The summed E-state index contributed by atoms with van der Waals surface area (Å²) in [4.78, 5) is 26.5. The second-order valence-corrected chi connectivity index (χ2v) is 3.54. The van der Waals surface area contributed by atoms with Crippen LogP contribution in [0.4, 0.5) is 4.79 Å². The van der Waals surface area contributed by atoms with Gasteiger partial charge >= 0.3 is 6.09 Å². The molecule has 2 N–H and O–H groups in total. The third kappa shape index (κ3) is 2.73. The third-order valence-electron chi connectivity index (χ3n) is 2.19. The Hall–Kier alpha value is -2.63. The maximum absolute atomic E-state index is 11.8. The Morgan fingerprint density at radius 1 is 1.28 bits per heavy atom. The van der Waals surface area contributed by atoms with E-state index in [2.05, 4.69) is 4.98 Å². The van der Waals surface area contributed by atoms with Crippen molar-refractivity contribution in [2.24, 2.45) is 5.73 Å². The molecule has 1 heterocycles. The zero-order chi connectivity index (χ0) is 13.0. The number of ether oxygens (including phenoxy) is 1. The molecule has 0 fully saturated rings. The van der Waals surface area contributed by atoms with Crippen molar-refractivity contribution in [2.75, 3.05) is 0 Å². The molecule has 0 aliphatic carbocycles. The van der Waals surface area contributed by atoms with Gasteiger partial charge in [-0.3, -0.25) is 4.79 Å². The standard InChI is InChI=1S/C12H11N3O3/c13-10(16)8-11-14-6-7-15(11)12(17)18-9-4-2-1-3-5-9/h1-7H,8H2,(H2,13,16). The topological polar surface area (TPSA) is 87.2 Å². The lowest BCUT2D eigenvalue weighted by Crippen LogP contribution is -2.23. The SMILES string of the molecule is NC(=O)Cc1nccn1C(=O)Oc1ccccc1. The molecule has 0 saturated carbocycles. The highest BCUT2D eigenvalue weighted by Crippen LogP contribution is 2.10. The first kappa shape index (κ1) is 11.8. The molecule has 0 unspecified atom stereocenters. The predicted molar refractivity (Wildman–Crippen MR) is 63.0 cm³/mol. The molecule has 6 heteroatoms. The van der Waals surface area contributed by atoms with Crippen molar-refractivity contribution in [3.05, 3.63) is 48.5 Å². The minimum Gasteiger partial charge on any atom is -0.410 e. The number of amides is 1. The Labute approximate surface area is 103 Å². The second-order valence-electron chi connectivity index (χ2n) is 3.54. The van der Waals surface area contributed by atoms with Crippen LogP contribution in [0.15, 0.2) is 42.7 Å². The zero-order valence-electron chi connectivity index (χ0n) is 9.45. The molecule has 0 aliphatic heterocycles. The lowest BCUT2D eigenvalue weighted by Gasteiger charge is -2.06. The van der Waals surface area contributed by atoms with Crippen LogP contribution in [0.5, 0.6) is 5.75 Å². The molecule has 92 valence electrons. The van der Waals surface area contributed by atoms with Crippen LogP contribution in [0.1, 0.15) is 5.82 Å². The van der Waals surface area contributed by atoms with E-state index in [9.17, 15) is 9.59 Å². The summed E-state index contributed by atoms with van der Waals surface area (Å²) in [6.07, 6.45) is 2.08. The molecule has 1 aromatic carbocycles. The van der Waals surface area contributed by atoms with E-state index < -0.39 is 12.0 Å². The summed E-state index contributed by atoms with van der Waals surface area (Å²) in [5.74, 6) is 0.111. The van der Waals surface area contributed by atoms with Crippen molar-refractivity contribution in [1.29, 1.82) is 0 Å². The molecule has 0 bridgehead atoms. The first-order valence-corrected chi connectivity index (χ1v) is 5.24. The van der Waals surface area contributed by atoms with Crippen LogP contribution in [-0.4, -0.2) is 21.6 Å². The lowest BCUT2D eigenvalue weighted by molar-refractivity contribution is -0.117. The van der Waals surface area contributed by atoms with E-state index in [1.807, 2.05) is 6.07 Å². The maximum atomic E-state index is 11.8. The maximum Gasteiger partial charge on any atom is 0.424 e. The Bertz CT molecular complexity index is 563. The molecule has 18 heavy (non-hydrogen) atoms. The van der Waals surface area contributed by atoms with Gasteiger partial charge in [0.25, 0.3) is 0 Å². The Morgan fingerprint density at radius 3 is 2.67 bits per heavy atom. The number of primary amides is 1. The van der Waals surface area contributed by atoms with Crippen molar-refractivity contribution in [1.82, 2.24) is 9.55 Å². The zero-order valence-corrected chi connectivity index (χ0v) is 9.45. The third-order valence-corrected chi connectivity index (χ3v) is 2.19. The van der Waals surface area contributed by atoms with Gasteiger partial charge in [-0.25, -0.2) is 14.3 Å². The van der Waals surface area contributed by atoms with Gasteiger partial charge < -0.3 is 10.5 Å². The van der Waals surface area contributed by atoms with Gasteiger partial charge in [0.05, 0.1) is 6.42 Å². The molecule has 0 atom stereocenters. The van der Waals surface area contributed by atoms with Gasteiger partial charge in [0.1, 0.15) is 11.6 Å². The number of carbonyl (C=O) groups is 2. The van der Waals surface area contributed by atoms with Crippen molar-refractivity contribution >= 4 is 12.0 Å². The summed E-state index contributed by atoms with van der Waals surface area (Å²) >= 11 is 0. The van der Waals surface area contributed by atoms with Gasteiger partial charge in [-0.1, -0.05) is 18.2 Å². The number of rotatable bonds is 3. The summed E-state index contributed by atoms with van der Waals surface area (Å²) < 4.78 is 6.26. The number of aromatic nitrogens is 2. The van der Waals surface area contributed by atoms with Crippen molar-refractivity contribution in [2.45, 2.75) is 6.42 Å². The molecular formula is C12H11N3O3. The van der Waals surface area contributed by atoms with Crippen LogP contribution in [0, 0.1) is 0 Å². The number of nitrogens with zero attached hydrogens (tertiary/aromatic N) is 2. The highest BCUT2D eigenvalue weighted by Gasteiger charge is 2.14. The first-order chi connectivity index (χ1) is 8.66. The largest absolute Gasteiger partial charge is 0.424 e. The van der Waals surface area contributed by atoms with Gasteiger partial charge in [0.2, 0.25) is 5.91 Å². The number of nitrogens with two attached hydrogens (primary N) is 1. The average molecular weight is 245 g/mol. The fourth-order valence-electron chi connectivity index (χ4n) is 1.43.